The van der Waals surface area contributed by atoms with Crippen molar-refractivity contribution in [1.29, 1.82) is 0 Å². The molecule has 2 aromatic carbocycles. The van der Waals surface area contributed by atoms with Crippen LogP contribution in [0.15, 0.2) is 60.5 Å². The molecule has 0 spiro atoms. The van der Waals surface area contributed by atoms with Crippen LogP contribution in [0.3, 0.4) is 0 Å². The molecular formula is C31H40IrNO2-. The number of aliphatic hydroxyl groups is 1. The Morgan fingerprint density at radius 1 is 0.971 bits per heavy atom. The predicted molar refractivity (Wildman–Crippen MR) is 144 cm³/mol. The SMILES string of the molecule is CCC(C)(C)C(=O)/C=C(\O)C(C)(C)CC.CCc1cc(C)[c-]c(-c2cc3ccccc3cn2)c1.[Ir]. The molecule has 0 amide bonds. The molecule has 0 aliphatic rings. The third-order valence-corrected chi connectivity index (χ3v) is 6.77. The van der Waals surface area contributed by atoms with Crippen LogP contribution in [-0.4, -0.2) is 15.9 Å². The topological polar surface area (TPSA) is 50.2 Å². The molecule has 3 rings (SSSR count). The van der Waals surface area contributed by atoms with E-state index in [2.05, 4.69) is 61.3 Å². The average Bonchev–Trinajstić information content (AvgIpc) is 2.83. The minimum atomic E-state index is -0.377. The van der Waals surface area contributed by atoms with Gasteiger partial charge in [-0.25, -0.2) is 0 Å². The van der Waals surface area contributed by atoms with Gasteiger partial charge in [0, 0.05) is 43.2 Å². The Bertz CT molecular complexity index is 1160. The van der Waals surface area contributed by atoms with Gasteiger partial charge in [0.05, 0.1) is 0 Å². The summed E-state index contributed by atoms with van der Waals surface area (Å²) in [5.41, 5.74) is 3.90. The number of rotatable bonds is 7. The van der Waals surface area contributed by atoms with Gasteiger partial charge in [-0.2, -0.15) is 0 Å². The van der Waals surface area contributed by atoms with Crippen LogP contribution in [0.1, 0.15) is 72.4 Å². The van der Waals surface area contributed by atoms with Crippen molar-refractivity contribution in [3.05, 3.63) is 77.7 Å². The van der Waals surface area contributed by atoms with E-state index in [0.29, 0.717) is 0 Å². The van der Waals surface area contributed by atoms with Gasteiger partial charge < -0.3 is 10.1 Å². The zero-order valence-electron chi connectivity index (χ0n) is 22.5. The van der Waals surface area contributed by atoms with Crippen molar-refractivity contribution in [2.75, 3.05) is 0 Å². The molecule has 35 heavy (non-hydrogen) atoms. The number of aryl methyl sites for hydroxylation is 2. The van der Waals surface area contributed by atoms with E-state index in [4.69, 9.17) is 0 Å². The first-order chi connectivity index (χ1) is 15.9. The standard InChI is InChI=1S/C18H16N.C13H24O2.Ir/c1-3-14-8-13(2)9-17(10-14)18-11-15-6-4-5-7-16(15)12-19-18;1-7-12(3,4)10(14)9-11(15)13(5,6)8-2;/h4-8,10-12H,3H2,1-2H3;9,14H,7-8H2,1-6H3;/q-1;;/b;10-9-;. The number of hydrogen-bond acceptors (Lipinski definition) is 3. The van der Waals surface area contributed by atoms with Crippen molar-refractivity contribution in [2.24, 2.45) is 10.8 Å². The Morgan fingerprint density at radius 3 is 2.14 bits per heavy atom. The maximum atomic E-state index is 11.8. The maximum absolute atomic E-state index is 11.8. The van der Waals surface area contributed by atoms with E-state index in [-0.39, 0.29) is 42.5 Å². The number of pyridine rings is 1. The van der Waals surface area contributed by atoms with Gasteiger partial charge in [0.1, 0.15) is 5.76 Å². The van der Waals surface area contributed by atoms with Crippen molar-refractivity contribution in [2.45, 2.75) is 74.7 Å². The van der Waals surface area contributed by atoms with Crippen LogP contribution in [0.2, 0.25) is 0 Å². The van der Waals surface area contributed by atoms with Gasteiger partial charge in [0.25, 0.3) is 0 Å². The van der Waals surface area contributed by atoms with E-state index < -0.39 is 0 Å². The number of benzene rings is 2. The zero-order chi connectivity index (χ0) is 25.5. The molecule has 1 aromatic heterocycles. The Hall–Kier alpha value is -2.29. The Morgan fingerprint density at radius 2 is 1.57 bits per heavy atom. The number of hydrogen-bond donors (Lipinski definition) is 1. The monoisotopic (exact) mass is 651 g/mol. The number of carbonyl (C=O) groups excluding carboxylic acids is 1. The van der Waals surface area contributed by atoms with Crippen LogP contribution in [0.25, 0.3) is 22.0 Å². The van der Waals surface area contributed by atoms with E-state index in [1.165, 1.54) is 28.0 Å². The molecule has 0 aliphatic heterocycles. The Balaban J connectivity index is 0.000000352. The molecule has 1 N–H and O–H groups in total. The van der Waals surface area contributed by atoms with E-state index in [1.807, 2.05) is 53.8 Å². The third kappa shape index (κ3) is 8.40. The predicted octanol–water partition coefficient (Wildman–Crippen LogP) is 8.44. The van der Waals surface area contributed by atoms with Crippen LogP contribution in [0.4, 0.5) is 0 Å². The summed E-state index contributed by atoms with van der Waals surface area (Å²) in [5.74, 6) is 0.195. The van der Waals surface area contributed by atoms with Crippen molar-refractivity contribution in [1.82, 2.24) is 4.98 Å². The molecule has 0 saturated carbocycles. The number of allylic oxidation sites excluding steroid dienone is 2. The second-order valence-electron chi connectivity index (χ2n) is 10.2. The number of aromatic nitrogens is 1. The summed E-state index contributed by atoms with van der Waals surface area (Å²) in [5, 5.41) is 12.2. The molecule has 1 radical (unpaired) electrons. The van der Waals surface area contributed by atoms with E-state index in [0.717, 1.165) is 30.5 Å². The van der Waals surface area contributed by atoms with Gasteiger partial charge in [-0.05, 0) is 35.7 Å². The molecule has 0 fully saturated rings. The molecule has 0 aliphatic carbocycles. The summed E-state index contributed by atoms with van der Waals surface area (Å²) >= 11 is 0. The van der Waals surface area contributed by atoms with Gasteiger partial charge >= 0.3 is 0 Å². The van der Waals surface area contributed by atoms with Gasteiger partial charge in [0.2, 0.25) is 0 Å². The first kappa shape index (κ1) is 30.7. The number of carbonyl (C=O) groups is 1. The normalized spacial score (nSPS) is 11.9. The van der Waals surface area contributed by atoms with Crippen molar-refractivity contribution < 1.29 is 30.0 Å². The fourth-order valence-electron chi connectivity index (χ4n) is 3.23. The summed E-state index contributed by atoms with van der Waals surface area (Å²) in [6.07, 6.45) is 5.97. The van der Waals surface area contributed by atoms with Gasteiger partial charge in [-0.3, -0.25) is 4.79 Å². The first-order valence-electron chi connectivity index (χ1n) is 12.3. The summed E-state index contributed by atoms with van der Waals surface area (Å²) in [7, 11) is 0. The molecule has 0 atom stereocenters. The summed E-state index contributed by atoms with van der Waals surface area (Å²) in [6.45, 7) is 15.9. The minimum absolute atomic E-state index is 0. The maximum Gasteiger partial charge on any atom is 0.164 e. The summed E-state index contributed by atoms with van der Waals surface area (Å²) in [6, 6.07) is 18.2. The van der Waals surface area contributed by atoms with Gasteiger partial charge in [-0.15, -0.1) is 34.9 Å². The van der Waals surface area contributed by atoms with E-state index >= 15 is 0 Å². The number of ketones is 1. The van der Waals surface area contributed by atoms with E-state index in [1.54, 1.807) is 0 Å². The second-order valence-corrected chi connectivity index (χ2v) is 10.2. The molecule has 1 heterocycles. The molecule has 0 unspecified atom stereocenters. The zero-order valence-corrected chi connectivity index (χ0v) is 24.8. The van der Waals surface area contributed by atoms with Crippen LogP contribution in [-0.2, 0) is 31.3 Å². The van der Waals surface area contributed by atoms with Crippen molar-refractivity contribution >= 4 is 16.6 Å². The fraction of sp³-hybridized carbons (Fsp3) is 0.419. The molecule has 191 valence electrons. The molecule has 3 nitrogen and oxygen atoms in total. The number of aliphatic hydroxyl groups excluding tert-OH is 1. The van der Waals surface area contributed by atoms with E-state index in [9.17, 15) is 9.90 Å². The summed E-state index contributed by atoms with van der Waals surface area (Å²) in [4.78, 5) is 16.4. The Kier molecular flexibility index (Phi) is 11.5. The Labute approximate surface area is 225 Å². The fourth-order valence-corrected chi connectivity index (χ4v) is 3.23. The average molecular weight is 651 g/mol. The van der Waals surface area contributed by atoms with Gasteiger partial charge in [0.15, 0.2) is 5.78 Å². The third-order valence-electron chi connectivity index (χ3n) is 6.77. The molecular weight excluding hydrogens is 611 g/mol. The number of nitrogens with zero attached hydrogens (tertiary/aromatic N) is 1. The van der Waals surface area contributed by atoms with Crippen molar-refractivity contribution in [3.63, 3.8) is 0 Å². The van der Waals surface area contributed by atoms with Crippen LogP contribution in [0.5, 0.6) is 0 Å². The van der Waals surface area contributed by atoms with Gasteiger partial charge in [-0.1, -0.05) is 85.7 Å². The molecule has 4 heteroatoms. The summed E-state index contributed by atoms with van der Waals surface area (Å²) < 4.78 is 0. The largest absolute Gasteiger partial charge is 0.512 e. The van der Waals surface area contributed by atoms with Crippen LogP contribution in [0, 0.1) is 23.8 Å². The minimum Gasteiger partial charge on any atom is -0.512 e. The van der Waals surface area contributed by atoms with Crippen molar-refractivity contribution in [3.8, 4) is 11.3 Å². The first-order valence-corrected chi connectivity index (χ1v) is 12.3. The second kappa shape index (κ2) is 13.1. The van der Waals surface area contributed by atoms with Crippen LogP contribution < -0.4 is 0 Å². The molecule has 0 bridgehead atoms. The molecule has 3 aromatic rings. The quantitative estimate of drug-likeness (QED) is 0.159. The smallest absolute Gasteiger partial charge is 0.164 e. The number of fused-ring (bicyclic) bond motifs is 1. The molecule has 0 saturated heterocycles. The van der Waals surface area contributed by atoms with Crippen LogP contribution >= 0.6 is 0 Å².